The van der Waals surface area contributed by atoms with Crippen LogP contribution in [0.4, 0.5) is 0 Å². The van der Waals surface area contributed by atoms with Crippen molar-refractivity contribution in [1.29, 1.82) is 0 Å². The summed E-state index contributed by atoms with van der Waals surface area (Å²) in [5.41, 5.74) is 11.2. The first-order valence-electron chi connectivity index (χ1n) is 10.9. The van der Waals surface area contributed by atoms with Crippen LogP contribution >= 0.6 is 0 Å². The van der Waals surface area contributed by atoms with Crippen LogP contribution < -0.4 is 0 Å². The molecular formula is C25H32N4O2. The summed E-state index contributed by atoms with van der Waals surface area (Å²) in [6.45, 7) is 15.3. The van der Waals surface area contributed by atoms with Crippen molar-refractivity contribution in [3.05, 3.63) is 52.0 Å². The van der Waals surface area contributed by atoms with Gasteiger partial charge in [-0.1, -0.05) is 17.7 Å². The predicted octanol–water partition coefficient (Wildman–Crippen LogP) is 5.08. The number of aromatic nitrogens is 4. The number of hydrogen-bond acceptors (Lipinski definition) is 4. The molecule has 0 saturated heterocycles. The zero-order chi connectivity index (χ0) is 22.3. The lowest BCUT2D eigenvalue weighted by Crippen LogP contribution is -2.12. The zero-order valence-electron chi connectivity index (χ0n) is 19.7. The van der Waals surface area contributed by atoms with Crippen LogP contribution in [0.2, 0.25) is 0 Å². The molecule has 0 N–H and O–H groups in total. The summed E-state index contributed by atoms with van der Waals surface area (Å²) < 4.78 is 15.4. The molecule has 0 radical (unpaired) electrons. The molecule has 6 heteroatoms. The minimum absolute atomic E-state index is 0.533. The molecule has 0 aliphatic heterocycles. The molecule has 0 fully saturated rings. The topological polar surface area (TPSA) is 53.6 Å². The van der Waals surface area contributed by atoms with Crippen LogP contribution in [0.3, 0.4) is 0 Å². The fourth-order valence-electron chi connectivity index (χ4n) is 4.75. The predicted molar refractivity (Wildman–Crippen MR) is 125 cm³/mol. The molecule has 31 heavy (non-hydrogen) atoms. The summed E-state index contributed by atoms with van der Waals surface area (Å²) >= 11 is 0. The van der Waals surface area contributed by atoms with Crippen molar-refractivity contribution in [2.24, 2.45) is 0 Å². The van der Waals surface area contributed by atoms with Gasteiger partial charge in [-0.2, -0.15) is 9.61 Å². The van der Waals surface area contributed by atoms with Gasteiger partial charge in [-0.15, -0.1) is 0 Å². The summed E-state index contributed by atoms with van der Waals surface area (Å²) in [7, 11) is 1.73. The molecule has 6 nitrogen and oxygen atoms in total. The second-order valence-corrected chi connectivity index (χ2v) is 8.32. The number of rotatable bonds is 7. The molecular weight excluding hydrogens is 388 g/mol. The second-order valence-electron chi connectivity index (χ2n) is 8.32. The monoisotopic (exact) mass is 420 g/mol. The Morgan fingerprint density at radius 3 is 2.29 bits per heavy atom. The van der Waals surface area contributed by atoms with Crippen molar-refractivity contribution >= 4 is 16.7 Å². The number of ether oxygens (including phenoxy) is 2. The van der Waals surface area contributed by atoms with E-state index in [-0.39, 0.29) is 0 Å². The number of aryl methyl sites for hydroxylation is 5. The van der Waals surface area contributed by atoms with Gasteiger partial charge in [0, 0.05) is 31.3 Å². The lowest BCUT2D eigenvalue weighted by atomic mass is 9.94. The minimum atomic E-state index is 0.533. The third kappa shape index (κ3) is 3.64. The van der Waals surface area contributed by atoms with Crippen molar-refractivity contribution in [2.75, 3.05) is 20.3 Å². The zero-order valence-corrected chi connectivity index (χ0v) is 19.7. The highest BCUT2D eigenvalue weighted by Crippen LogP contribution is 2.35. The highest BCUT2D eigenvalue weighted by molar-refractivity contribution is 5.90. The minimum Gasteiger partial charge on any atom is -0.380 e. The average Bonchev–Trinajstić information content (AvgIpc) is 3.21. The maximum absolute atomic E-state index is 5.67. The molecule has 0 aliphatic carbocycles. The quantitative estimate of drug-likeness (QED) is 0.392. The smallest absolute Gasteiger partial charge is 0.165 e. The molecule has 0 aliphatic rings. The van der Waals surface area contributed by atoms with Crippen molar-refractivity contribution in [1.82, 2.24) is 19.2 Å². The molecule has 0 bridgehead atoms. The van der Waals surface area contributed by atoms with Gasteiger partial charge in [0.1, 0.15) is 5.65 Å². The van der Waals surface area contributed by atoms with E-state index in [0.29, 0.717) is 19.8 Å². The Morgan fingerprint density at radius 1 is 0.935 bits per heavy atom. The highest BCUT2D eigenvalue weighted by Gasteiger charge is 2.22. The Labute approximate surface area is 183 Å². The number of methoxy groups -OCH3 is 1. The Bertz CT molecular complexity index is 1240. The van der Waals surface area contributed by atoms with Crippen LogP contribution in [0.1, 0.15) is 40.7 Å². The van der Waals surface area contributed by atoms with Crippen LogP contribution in [0, 0.1) is 34.6 Å². The normalized spacial score (nSPS) is 11.8. The molecule has 0 amide bonds. The van der Waals surface area contributed by atoms with Gasteiger partial charge in [-0.05, 0) is 64.3 Å². The SMILES string of the molecule is CCOCCn1c(COC)cc2c(C)nc3c(-c4c(C)cc(C)cc4C)c(C)nn3c21. The van der Waals surface area contributed by atoms with Crippen LogP contribution in [0.15, 0.2) is 18.2 Å². The van der Waals surface area contributed by atoms with Crippen molar-refractivity contribution in [3.8, 4) is 11.1 Å². The Balaban J connectivity index is 2.04. The van der Waals surface area contributed by atoms with E-state index in [1.165, 1.54) is 22.3 Å². The summed E-state index contributed by atoms with van der Waals surface area (Å²) in [6.07, 6.45) is 0. The highest BCUT2D eigenvalue weighted by atomic mass is 16.5. The van der Waals surface area contributed by atoms with Gasteiger partial charge < -0.3 is 14.0 Å². The van der Waals surface area contributed by atoms with Gasteiger partial charge in [0.05, 0.1) is 30.2 Å². The largest absolute Gasteiger partial charge is 0.380 e. The molecule has 1 aromatic carbocycles. The van der Waals surface area contributed by atoms with E-state index in [1.54, 1.807) is 7.11 Å². The molecule has 4 rings (SSSR count). The third-order valence-corrected chi connectivity index (χ3v) is 5.94. The fraction of sp³-hybridized carbons (Fsp3) is 0.440. The van der Waals surface area contributed by atoms with E-state index in [4.69, 9.17) is 19.6 Å². The summed E-state index contributed by atoms with van der Waals surface area (Å²) in [6, 6.07) is 6.64. The maximum atomic E-state index is 5.67. The molecule has 3 heterocycles. The lowest BCUT2D eigenvalue weighted by molar-refractivity contribution is 0.135. The molecule has 4 aromatic rings. The number of hydrogen-bond donors (Lipinski definition) is 0. The van der Waals surface area contributed by atoms with Gasteiger partial charge in [0.25, 0.3) is 0 Å². The van der Waals surface area contributed by atoms with Gasteiger partial charge in [-0.3, -0.25) is 0 Å². The van der Waals surface area contributed by atoms with Crippen LogP contribution in [-0.2, 0) is 22.6 Å². The van der Waals surface area contributed by atoms with E-state index in [1.807, 2.05) is 11.4 Å². The van der Waals surface area contributed by atoms with Gasteiger partial charge in [-0.25, -0.2) is 4.98 Å². The lowest BCUT2D eigenvalue weighted by Gasteiger charge is -2.13. The van der Waals surface area contributed by atoms with E-state index in [0.717, 1.165) is 45.9 Å². The molecule has 0 atom stereocenters. The third-order valence-electron chi connectivity index (χ3n) is 5.94. The van der Waals surface area contributed by atoms with Crippen molar-refractivity contribution in [3.63, 3.8) is 0 Å². The van der Waals surface area contributed by atoms with Gasteiger partial charge >= 0.3 is 0 Å². The molecule has 0 saturated carbocycles. The average molecular weight is 421 g/mol. The molecule has 0 unspecified atom stereocenters. The Morgan fingerprint density at radius 2 is 1.65 bits per heavy atom. The van der Waals surface area contributed by atoms with E-state index < -0.39 is 0 Å². The van der Waals surface area contributed by atoms with Crippen LogP contribution in [0.25, 0.3) is 27.8 Å². The van der Waals surface area contributed by atoms with Crippen LogP contribution in [0.5, 0.6) is 0 Å². The van der Waals surface area contributed by atoms with Crippen LogP contribution in [-0.4, -0.2) is 39.5 Å². The summed E-state index contributed by atoms with van der Waals surface area (Å²) in [5, 5.41) is 6.08. The maximum Gasteiger partial charge on any atom is 0.165 e. The Kier molecular flexibility index (Phi) is 5.86. The van der Waals surface area contributed by atoms with E-state index in [9.17, 15) is 0 Å². The number of nitrogens with zero attached hydrogens (tertiary/aromatic N) is 4. The molecule has 164 valence electrons. The number of benzene rings is 1. The Hall–Kier alpha value is -2.70. The van der Waals surface area contributed by atoms with E-state index in [2.05, 4.69) is 57.4 Å². The van der Waals surface area contributed by atoms with Gasteiger partial charge in [0.2, 0.25) is 0 Å². The second kappa shape index (κ2) is 8.44. The molecule has 0 spiro atoms. The molecule has 3 aromatic heterocycles. The van der Waals surface area contributed by atoms with Crippen molar-refractivity contribution in [2.45, 2.75) is 54.7 Å². The summed E-state index contributed by atoms with van der Waals surface area (Å²) in [4.78, 5) is 5.03. The first-order chi connectivity index (χ1) is 14.9. The standard InChI is InChI=1S/C25H32N4O2/c1-8-31-10-9-28-20(14-30-7)13-21-18(5)26-24-23(19(6)27-29(24)25(21)28)22-16(3)11-15(2)12-17(22)4/h11-13H,8-10,14H2,1-7H3. The van der Waals surface area contributed by atoms with E-state index >= 15 is 0 Å². The van der Waals surface area contributed by atoms with Crippen molar-refractivity contribution < 1.29 is 9.47 Å². The first-order valence-corrected chi connectivity index (χ1v) is 10.9. The van der Waals surface area contributed by atoms with Gasteiger partial charge in [0.15, 0.2) is 5.65 Å². The fourth-order valence-corrected chi connectivity index (χ4v) is 4.75. The first kappa shape index (κ1) is 21.5. The number of fused-ring (bicyclic) bond motifs is 3. The summed E-state index contributed by atoms with van der Waals surface area (Å²) in [5.74, 6) is 0.